The average Bonchev–Trinajstić information content (AvgIpc) is 3.29. The van der Waals surface area contributed by atoms with E-state index in [1.165, 1.54) is 18.9 Å². The Bertz CT molecular complexity index is 527. The van der Waals surface area contributed by atoms with E-state index in [0.717, 1.165) is 38.7 Å². The molecule has 1 aromatic rings. The summed E-state index contributed by atoms with van der Waals surface area (Å²) in [5, 5.41) is 3.16. The normalized spacial score (nSPS) is 20.9. The van der Waals surface area contributed by atoms with Crippen LogP contribution in [0.4, 0.5) is 13.2 Å². The van der Waals surface area contributed by atoms with Crippen LogP contribution in [0.15, 0.2) is 18.2 Å². The molecule has 1 N–H and O–H groups in total. The fourth-order valence-corrected chi connectivity index (χ4v) is 3.52. The summed E-state index contributed by atoms with van der Waals surface area (Å²) in [7, 11) is 0. The number of nitrogens with one attached hydrogen (secondary N) is 1. The van der Waals surface area contributed by atoms with Gasteiger partial charge in [0.2, 0.25) is 0 Å². The molecule has 1 aliphatic carbocycles. The highest BCUT2D eigenvalue weighted by molar-refractivity contribution is 6.32. The highest BCUT2D eigenvalue weighted by Crippen LogP contribution is 2.44. The molecule has 1 saturated carbocycles. The fourth-order valence-electron chi connectivity index (χ4n) is 3.16. The van der Waals surface area contributed by atoms with E-state index in [-0.39, 0.29) is 23.5 Å². The predicted molar refractivity (Wildman–Crippen MR) is 88.2 cm³/mol. The molecule has 0 radical (unpaired) electrons. The van der Waals surface area contributed by atoms with Crippen molar-refractivity contribution in [3.05, 3.63) is 34.3 Å². The van der Waals surface area contributed by atoms with Crippen LogP contribution in [0.25, 0.3) is 0 Å². The fraction of sp³-hybridized carbons (Fsp3) is 0.625. The van der Waals surface area contributed by atoms with E-state index < -0.39 is 11.7 Å². The molecule has 1 aromatic carbocycles. The van der Waals surface area contributed by atoms with Crippen LogP contribution in [0.3, 0.4) is 0 Å². The highest BCUT2D eigenvalue weighted by Gasteiger charge is 2.37. The summed E-state index contributed by atoms with van der Waals surface area (Å²) in [5.74, 6) is 0.630. The molecule has 2 aliphatic rings. The van der Waals surface area contributed by atoms with Crippen molar-refractivity contribution in [1.29, 1.82) is 0 Å². The van der Waals surface area contributed by atoms with Gasteiger partial charge in [-0.25, -0.2) is 0 Å². The van der Waals surface area contributed by atoms with Crippen LogP contribution in [0.2, 0.25) is 5.02 Å². The second-order valence-electron chi connectivity index (χ2n) is 6.19. The van der Waals surface area contributed by atoms with Crippen LogP contribution in [-0.2, 0) is 6.18 Å². The average molecular weight is 369 g/mol. The van der Waals surface area contributed by atoms with Crippen LogP contribution in [0, 0.1) is 5.92 Å². The summed E-state index contributed by atoms with van der Waals surface area (Å²) < 4.78 is 39.3. The van der Waals surface area contributed by atoms with Crippen molar-refractivity contribution in [2.75, 3.05) is 26.2 Å². The molecule has 0 spiro atoms. The first kappa shape index (κ1) is 18.8. The topological polar surface area (TPSA) is 15.3 Å². The van der Waals surface area contributed by atoms with Gasteiger partial charge in [0, 0.05) is 32.2 Å². The minimum Gasteiger partial charge on any atom is -0.314 e. The smallest absolute Gasteiger partial charge is 0.314 e. The van der Waals surface area contributed by atoms with Crippen LogP contribution in [-0.4, -0.2) is 31.1 Å². The van der Waals surface area contributed by atoms with Gasteiger partial charge in [0.25, 0.3) is 0 Å². The predicted octanol–water partition coefficient (Wildman–Crippen LogP) is 4.53. The van der Waals surface area contributed by atoms with E-state index in [0.29, 0.717) is 11.5 Å². The molecule has 2 nitrogen and oxygen atoms in total. The Labute approximate surface area is 145 Å². The highest BCUT2D eigenvalue weighted by atomic mass is 35.5. The van der Waals surface area contributed by atoms with E-state index in [2.05, 4.69) is 10.2 Å². The lowest BCUT2D eigenvalue weighted by Crippen LogP contribution is -2.45. The monoisotopic (exact) mass is 368 g/mol. The minimum absolute atomic E-state index is 0. The number of benzene rings is 1. The maximum absolute atomic E-state index is 13.1. The Kier molecular flexibility index (Phi) is 6.22. The molecular formula is C16H21Cl2F3N2. The van der Waals surface area contributed by atoms with E-state index in [4.69, 9.17) is 11.6 Å². The molecular weight excluding hydrogens is 348 g/mol. The van der Waals surface area contributed by atoms with Gasteiger partial charge < -0.3 is 5.32 Å². The molecule has 23 heavy (non-hydrogen) atoms. The second kappa shape index (κ2) is 7.60. The largest absolute Gasteiger partial charge is 0.417 e. The number of alkyl halides is 3. The van der Waals surface area contributed by atoms with Crippen LogP contribution >= 0.6 is 24.0 Å². The van der Waals surface area contributed by atoms with Gasteiger partial charge in [-0.2, -0.15) is 13.2 Å². The molecule has 0 unspecified atom stereocenters. The van der Waals surface area contributed by atoms with Crippen molar-refractivity contribution in [2.45, 2.75) is 31.5 Å². The maximum Gasteiger partial charge on any atom is 0.417 e. The zero-order chi connectivity index (χ0) is 15.7. The summed E-state index contributed by atoms with van der Waals surface area (Å²) in [6.07, 6.45) is -1.14. The number of hydrogen-bond acceptors (Lipinski definition) is 2. The summed E-state index contributed by atoms with van der Waals surface area (Å²) in [4.78, 5) is 2.27. The number of hydrogen-bond donors (Lipinski definition) is 1. The Morgan fingerprint density at radius 3 is 2.43 bits per heavy atom. The summed E-state index contributed by atoms with van der Waals surface area (Å²) in [6, 6.07) is 4.29. The lowest BCUT2D eigenvalue weighted by atomic mass is 9.96. The number of halogens is 5. The lowest BCUT2D eigenvalue weighted by molar-refractivity contribution is -0.137. The second-order valence-corrected chi connectivity index (χ2v) is 6.57. The van der Waals surface area contributed by atoms with Gasteiger partial charge in [-0.3, -0.25) is 4.90 Å². The van der Waals surface area contributed by atoms with Gasteiger partial charge >= 0.3 is 6.18 Å². The van der Waals surface area contributed by atoms with E-state index >= 15 is 0 Å². The van der Waals surface area contributed by atoms with Crippen molar-refractivity contribution in [2.24, 2.45) is 5.92 Å². The zero-order valence-electron chi connectivity index (χ0n) is 12.7. The molecule has 1 heterocycles. The molecule has 7 heteroatoms. The minimum atomic E-state index is -4.40. The van der Waals surface area contributed by atoms with Crippen molar-refractivity contribution in [3.8, 4) is 0 Å². The van der Waals surface area contributed by atoms with Crippen LogP contribution in [0.1, 0.15) is 36.4 Å². The van der Waals surface area contributed by atoms with E-state index in [1.807, 2.05) is 0 Å². The third kappa shape index (κ3) is 4.53. The molecule has 130 valence electrons. The molecule has 0 aromatic heterocycles. The van der Waals surface area contributed by atoms with Crippen LogP contribution < -0.4 is 5.32 Å². The van der Waals surface area contributed by atoms with E-state index in [1.54, 1.807) is 6.07 Å². The lowest BCUT2D eigenvalue weighted by Gasteiger charge is -2.36. The Hall–Kier alpha value is -0.490. The molecule has 0 amide bonds. The number of piperazine rings is 1. The van der Waals surface area contributed by atoms with Gasteiger partial charge in [0.15, 0.2) is 0 Å². The first-order valence-corrected chi connectivity index (χ1v) is 8.15. The third-order valence-corrected chi connectivity index (χ3v) is 4.96. The summed E-state index contributed by atoms with van der Waals surface area (Å²) in [5.41, 5.74) is -0.0899. The Balaban J connectivity index is 0.00000192. The Morgan fingerprint density at radius 1 is 1.22 bits per heavy atom. The van der Waals surface area contributed by atoms with Crippen molar-refractivity contribution >= 4 is 24.0 Å². The van der Waals surface area contributed by atoms with Gasteiger partial charge in [-0.15, -0.1) is 12.4 Å². The summed E-state index contributed by atoms with van der Waals surface area (Å²) >= 11 is 6.15. The molecule has 1 saturated heterocycles. The molecule has 1 aliphatic heterocycles. The molecule has 3 rings (SSSR count). The molecule has 1 atom stereocenters. The zero-order valence-corrected chi connectivity index (χ0v) is 14.3. The van der Waals surface area contributed by atoms with Crippen LogP contribution in [0.5, 0.6) is 0 Å². The van der Waals surface area contributed by atoms with Gasteiger partial charge in [-0.05, 0) is 24.0 Å². The maximum atomic E-state index is 13.1. The number of rotatable bonds is 4. The van der Waals surface area contributed by atoms with Gasteiger partial charge in [0.1, 0.15) is 0 Å². The first-order chi connectivity index (χ1) is 10.5. The Morgan fingerprint density at radius 2 is 1.87 bits per heavy atom. The van der Waals surface area contributed by atoms with Gasteiger partial charge in [-0.1, -0.05) is 36.6 Å². The SMILES string of the molecule is Cl.FC(F)(F)c1cccc([C@@H](CC2CC2)N2CCNCC2)c1Cl. The van der Waals surface area contributed by atoms with Crippen molar-refractivity contribution in [3.63, 3.8) is 0 Å². The standard InChI is InChI=1S/C16H20ClF3N2.ClH/c17-15-12(2-1-3-13(15)16(18,19)20)14(10-11-4-5-11)22-8-6-21-7-9-22;/h1-3,11,14,21H,4-10H2;1H/t14-;/m1./s1. The first-order valence-electron chi connectivity index (χ1n) is 7.77. The van der Waals surface area contributed by atoms with E-state index in [9.17, 15) is 13.2 Å². The van der Waals surface area contributed by atoms with Gasteiger partial charge in [0.05, 0.1) is 10.6 Å². The molecule has 0 bridgehead atoms. The van der Waals surface area contributed by atoms with Crippen molar-refractivity contribution in [1.82, 2.24) is 10.2 Å². The number of nitrogens with zero attached hydrogens (tertiary/aromatic N) is 1. The van der Waals surface area contributed by atoms with Crippen molar-refractivity contribution < 1.29 is 13.2 Å². The quantitative estimate of drug-likeness (QED) is 0.839. The molecule has 2 fully saturated rings. The third-order valence-electron chi connectivity index (χ3n) is 4.54. The summed E-state index contributed by atoms with van der Waals surface area (Å²) in [6.45, 7) is 3.45.